The molecule has 0 aromatic heterocycles. The monoisotopic (exact) mass is 437 g/mol. The molecular formula is C24H40FNO3Si. The SMILES string of the molecule is CC(C)(C)[Si](C)(C)OCc1cccc(N2CCC(OCC3CCOCC3)CC2)c1F. The topological polar surface area (TPSA) is 30.9 Å². The van der Waals surface area contributed by atoms with Crippen molar-refractivity contribution in [3.8, 4) is 0 Å². The van der Waals surface area contributed by atoms with Crippen LogP contribution < -0.4 is 4.90 Å². The van der Waals surface area contributed by atoms with E-state index in [9.17, 15) is 0 Å². The molecule has 1 aromatic rings. The number of hydrogen-bond acceptors (Lipinski definition) is 4. The lowest BCUT2D eigenvalue weighted by Crippen LogP contribution is -2.40. The average molecular weight is 438 g/mol. The van der Waals surface area contributed by atoms with Crippen LogP contribution in [0.3, 0.4) is 0 Å². The fourth-order valence-corrected chi connectivity index (χ4v) is 4.79. The van der Waals surface area contributed by atoms with Crippen LogP contribution in [-0.2, 0) is 20.5 Å². The lowest BCUT2D eigenvalue weighted by Gasteiger charge is -2.36. The molecule has 2 saturated heterocycles. The summed E-state index contributed by atoms with van der Waals surface area (Å²) in [7, 11) is -1.91. The van der Waals surface area contributed by atoms with Crippen LogP contribution in [0, 0.1) is 11.7 Å². The van der Waals surface area contributed by atoms with E-state index < -0.39 is 8.32 Å². The Labute approximate surface area is 183 Å². The van der Waals surface area contributed by atoms with Crippen LogP contribution in [0.15, 0.2) is 18.2 Å². The van der Waals surface area contributed by atoms with E-state index >= 15 is 4.39 Å². The molecule has 4 nitrogen and oxygen atoms in total. The first kappa shape index (κ1) is 23.7. The number of nitrogens with zero attached hydrogens (tertiary/aromatic N) is 1. The van der Waals surface area contributed by atoms with E-state index in [4.69, 9.17) is 13.9 Å². The second kappa shape index (κ2) is 10.1. The van der Waals surface area contributed by atoms with Gasteiger partial charge in [-0.3, -0.25) is 0 Å². The first-order chi connectivity index (χ1) is 14.2. The predicted octanol–water partition coefficient (Wildman–Crippen LogP) is 5.76. The van der Waals surface area contributed by atoms with Crippen LogP contribution in [0.2, 0.25) is 18.1 Å². The Balaban J connectivity index is 1.52. The van der Waals surface area contributed by atoms with Gasteiger partial charge in [0.1, 0.15) is 0 Å². The van der Waals surface area contributed by atoms with Crippen LogP contribution in [-0.4, -0.2) is 47.3 Å². The van der Waals surface area contributed by atoms with Crippen molar-refractivity contribution in [3.63, 3.8) is 0 Å². The van der Waals surface area contributed by atoms with Gasteiger partial charge in [0, 0.05) is 38.5 Å². The number of halogens is 1. The first-order valence-electron chi connectivity index (χ1n) is 11.5. The van der Waals surface area contributed by atoms with Crippen molar-refractivity contribution in [2.24, 2.45) is 5.92 Å². The Kier molecular flexibility index (Phi) is 7.99. The van der Waals surface area contributed by atoms with E-state index in [1.54, 1.807) is 0 Å². The summed E-state index contributed by atoms with van der Waals surface area (Å²) in [5.74, 6) is 0.504. The normalized spacial score (nSPS) is 20.0. The van der Waals surface area contributed by atoms with Crippen LogP contribution in [0.25, 0.3) is 0 Å². The van der Waals surface area contributed by atoms with Crippen molar-refractivity contribution >= 4 is 14.0 Å². The second-order valence-corrected chi connectivity index (χ2v) is 15.2. The molecule has 3 rings (SSSR count). The van der Waals surface area contributed by atoms with Crippen molar-refractivity contribution in [2.75, 3.05) is 37.8 Å². The minimum absolute atomic E-state index is 0.119. The van der Waals surface area contributed by atoms with E-state index in [1.165, 1.54) is 0 Å². The maximum Gasteiger partial charge on any atom is 0.192 e. The molecule has 0 unspecified atom stereocenters. The minimum atomic E-state index is -1.91. The molecule has 0 spiro atoms. The van der Waals surface area contributed by atoms with Gasteiger partial charge in [-0.2, -0.15) is 0 Å². The van der Waals surface area contributed by atoms with Gasteiger partial charge < -0.3 is 18.8 Å². The van der Waals surface area contributed by atoms with Crippen molar-refractivity contribution in [1.82, 2.24) is 0 Å². The Morgan fingerprint density at radius 1 is 1.10 bits per heavy atom. The maximum absolute atomic E-state index is 15.3. The lowest BCUT2D eigenvalue weighted by molar-refractivity contribution is -0.0183. The molecule has 2 aliphatic heterocycles. The molecule has 30 heavy (non-hydrogen) atoms. The Bertz CT molecular complexity index is 678. The summed E-state index contributed by atoms with van der Waals surface area (Å²) in [5.41, 5.74) is 1.37. The van der Waals surface area contributed by atoms with E-state index in [1.807, 2.05) is 18.2 Å². The van der Waals surface area contributed by atoms with Gasteiger partial charge >= 0.3 is 0 Å². The summed E-state index contributed by atoms with van der Waals surface area (Å²) >= 11 is 0. The van der Waals surface area contributed by atoms with Gasteiger partial charge in [-0.25, -0.2) is 4.39 Å². The smallest absolute Gasteiger partial charge is 0.192 e. The molecule has 0 aliphatic carbocycles. The van der Waals surface area contributed by atoms with Crippen molar-refractivity contribution in [1.29, 1.82) is 0 Å². The van der Waals surface area contributed by atoms with Gasteiger partial charge in [-0.1, -0.05) is 32.9 Å². The quantitative estimate of drug-likeness (QED) is 0.508. The Morgan fingerprint density at radius 3 is 2.40 bits per heavy atom. The number of benzene rings is 1. The molecule has 2 heterocycles. The van der Waals surface area contributed by atoms with Crippen LogP contribution >= 0.6 is 0 Å². The van der Waals surface area contributed by atoms with E-state index in [-0.39, 0.29) is 17.0 Å². The Morgan fingerprint density at radius 2 is 1.77 bits per heavy atom. The highest BCUT2D eigenvalue weighted by molar-refractivity contribution is 6.74. The number of piperidine rings is 1. The van der Waals surface area contributed by atoms with E-state index in [0.717, 1.165) is 58.6 Å². The van der Waals surface area contributed by atoms with E-state index in [0.29, 0.717) is 23.8 Å². The summed E-state index contributed by atoms with van der Waals surface area (Å²) < 4.78 is 33.1. The number of anilines is 1. The first-order valence-corrected chi connectivity index (χ1v) is 14.4. The average Bonchev–Trinajstić information content (AvgIpc) is 2.72. The Hall–Kier alpha value is -0.953. The zero-order valence-corrected chi connectivity index (χ0v) is 20.5. The number of ether oxygens (including phenoxy) is 2. The minimum Gasteiger partial charge on any atom is -0.412 e. The molecule has 0 saturated carbocycles. The number of rotatable bonds is 7. The highest BCUT2D eigenvalue weighted by Crippen LogP contribution is 2.37. The largest absolute Gasteiger partial charge is 0.412 e. The summed E-state index contributed by atoms with van der Waals surface area (Å²) in [6.45, 7) is 15.6. The van der Waals surface area contributed by atoms with Gasteiger partial charge in [-0.05, 0) is 55.8 Å². The summed E-state index contributed by atoms with van der Waals surface area (Å²) in [4.78, 5) is 2.17. The molecule has 6 heteroatoms. The molecule has 0 atom stereocenters. The van der Waals surface area contributed by atoms with Crippen LogP contribution in [0.4, 0.5) is 10.1 Å². The van der Waals surface area contributed by atoms with Gasteiger partial charge in [0.2, 0.25) is 0 Å². The van der Waals surface area contributed by atoms with Gasteiger partial charge in [-0.15, -0.1) is 0 Å². The molecule has 0 radical (unpaired) electrons. The third kappa shape index (κ3) is 6.06. The summed E-state index contributed by atoms with van der Waals surface area (Å²) in [6, 6.07) is 5.71. The van der Waals surface area contributed by atoms with Crippen molar-refractivity contribution < 1.29 is 18.3 Å². The summed E-state index contributed by atoms with van der Waals surface area (Å²) in [6.07, 6.45) is 4.40. The standard InChI is InChI=1S/C24H40FNO3Si/c1-24(2,3)30(4,5)29-18-20-7-6-8-22(23(20)25)26-13-9-21(10-14-26)28-17-19-11-15-27-16-12-19/h6-8,19,21H,9-18H2,1-5H3. The maximum atomic E-state index is 15.3. The lowest BCUT2D eigenvalue weighted by atomic mass is 10.0. The summed E-state index contributed by atoms with van der Waals surface area (Å²) in [5, 5.41) is 0.119. The molecule has 0 N–H and O–H groups in total. The third-order valence-corrected chi connectivity index (χ3v) is 11.6. The van der Waals surface area contributed by atoms with Gasteiger partial charge in [0.25, 0.3) is 0 Å². The molecule has 0 amide bonds. The molecule has 1 aromatic carbocycles. The van der Waals surface area contributed by atoms with Crippen molar-refractivity contribution in [3.05, 3.63) is 29.6 Å². The molecule has 0 bridgehead atoms. The number of hydrogen-bond donors (Lipinski definition) is 0. The third-order valence-electron chi connectivity index (χ3n) is 7.14. The van der Waals surface area contributed by atoms with Gasteiger partial charge in [0.05, 0.1) is 18.4 Å². The fraction of sp³-hybridized carbons (Fsp3) is 0.750. The molecule has 170 valence electrons. The molecule has 2 fully saturated rings. The molecular weight excluding hydrogens is 397 g/mol. The van der Waals surface area contributed by atoms with E-state index in [2.05, 4.69) is 38.8 Å². The van der Waals surface area contributed by atoms with Gasteiger partial charge in [0.15, 0.2) is 14.1 Å². The highest BCUT2D eigenvalue weighted by Gasteiger charge is 2.37. The zero-order valence-electron chi connectivity index (χ0n) is 19.5. The molecule has 2 aliphatic rings. The predicted molar refractivity (Wildman–Crippen MR) is 123 cm³/mol. The van der Waals surface area contributed by atoms with Crippen LogP contribution in [0.1, 0.15) is 52.0 Å². The fourth-order valence-electron chi connectivity index (χ4n) is 3.85. The second-order valence-electron chi connectivity index (χ2n) is 10.4. The highest BCUT2D eigenvalue weighted by atomic mass is 28.4. The van der Waals surface area contributed by atoms with Crippen LogP contribution in [0.5, 0.6) is 0 Å². The zero-order chi connectivity index (χ0) is 21.8. The van der Waals surface area contributed by atoms with Crippen molar-refractivity contribution in [2.45, 2.75) is 77.3 Å².